The Kier molecular flexibility index (Phi) is 4.51. The van der Waals surface area contributed by atoms with Crippen LogP contribution in [0.5, 0.6) is 5.75 Å². The summed E-state index contributed by atoms with van der Waals surface area (Å²) in [6, 6.07) is 13.6. The number of allylic oxidation sites excluding steroid dienone is 1. The molecule has 0 bridgehead atoms. The van der Waals surface area contributed by atoms with Gasteiger partial charge >= 0.3 is 0 Å². The third-order valence-corrected chi connectivity index (χ3v) is 5.40. The number of carbonyl (C=O) groups is 1. The third-order valence-electron chi connectivity index (χ3n) is 5.40. The van der Waals surface area contributed by atoms with Crippen LogP contribution in [0.4, 0.5) is 5.69 Å². The number of ketones is 1. The van der Waals surface area contributed by atoms with Crippen LogP contribution in [0.2, 0.25) is 0 Å². The summed E-state index contributed by atoms with van der Waals surface area (Å²) < 4.78 is 0. The summed E-state index contributed by atoms with van der Waals surface area (Å²) in [5, 5.41) is 9.67. The number of phenolic OH excluding ortho intramolecular Hbond substituents is 1. The van der Waals surface area contributed by atoms with Crippen LogP contribution in [-0.4, -0.2) is 49.0 Å². The number of hydrogen-bond acceptors (Lipinski definition) is 4. The van der Waals surface area contributed by atoms with Gasteiger partial charge in [-0.05, 0) is 61.4 Å². The third kappa shape index (κ3) is 3.37. The van der Waals surface area contributed by atoms with Gasteiger partial charge in [0, 0.05) is 43.0 Å². The lowest BCUT2D eigenvalue weighted by molar-refractivity contribution is 0.102. The lowest BCUT2D eigenvalue weighted by Crippen LogP contribution is -2.44. The van der Waals surface area contributed by atoms with Crippen LogP contribution in [0.1, 0.15) is 27.9 Å². The normalized spacial score (nSPS) is 19.7. The molecule has 0 aromatic heterocycles. The number of hydrogen-bond donors (Lipinski definition) is 1. The number of carbonyl (C=O) groups excluding carboxylic acids is 1. The van der Waals surface area contributed by atoms with Crippen molar-refractivity contribution < 1.29 is 9.90 Å². The number of likely N-dealkylation sites (N-methyl/N-ethyl adjacent to an activating group) is 1. The van der Waals surface area contributed by atoms with Crippen molar-refractivity contribution >= 4 is 17.5 Å². The number of aromatic hydroxyl groups is 1. The predicted octanol–water partition coefficient (Wildman–Crippen LogP) is 3.36. The van der Waals surface area contributed by atoms with Gasteiger partial charge in [0.1, 0.15) is 5.75 Å². The average molecular weight is 348 g/mol. The minimum absolute atomic E-state index is 0.0327. The maximum absolute atomic E-state index is 12.7. The first-order chi connectivity index (χ1) is 12.6. The Balaban J connectivity index is 1.52. The maximum Gasteiger partial charge on any atom is 0.189 e. The molecular formula is C22H24N2O2. The zero-order chi connectivity index (χ0) is 18.1. The highest BCUT2D eigenvalue weighted by molar-refractivity contribution is 6.13. The number of fused-ring (bicyclic) bond motifs is 1. The van der Waals surface area contributed by atoms with Gasteiger partial charge in [-0.3, -0.25) is 4.79 Å². The van der Waals surface area contributed by atoms with Crippen LogP contribution < -0.4 is 4.90 Å². The van der Waals surface area contributed by atoms with Gasteiger partial charge < -0.3 is 14.9 Å². The van der Waals surface area contributed by atoms with Gasteiger partial charge in [0.25, 0.3) is 0 Å². The van der Waals surface area contributed by atoms with Crippen molar-refractivity contribution in [2.24, 2.45) is 0 Å². The number of phenols is 1. The van der Waals surface area contributed by atoms with Gasteiger partial charge in [-0.1, -0.05) is 18.2 Å². The van der Waals surface area contributed by atoms with Crippen molar-refractivity contribution in [2.75, 3.05) is 38.1 Å². The molecule has 4 rings (SSSR count). The minimum Gasteiger partial charge on any atom is -0.508 e. The standard InChI is InChI=1S/C22H24N2O2/c1-23-10-12-24(13-11-23)19-7-2-16(3-8-19)14-18-5-4-17-6-9-20(25)15-21(17)22(18)26/h2-3,6-9,14-15,25H,4-5,10-13H2,1H3/b18-14+. The zero-order valence-electron chi connectivity index (χ0n) is 15.1. The van der Waals surface area contributed by atoms with Gasteiger partial charge in [0.2, 0.25) is 0 Å². The molecule has 1 N–H and O–H groups in total. The molecule has 134 valence electrons. The Morgan fingerprint density at radius 2 is 1.69 bits per heavy atom. The molecule has 2 aromatic carbocycles. The number of nitrogens with zero attached hydrogens (tertiary/aromatic N) is 2. The summed E-state index contributed by atoms with van der Waals surface area (Å²) >= 11 is 0. The van der Waals surface area contributed by atoms with Crippen molar-refractivity contribution in [1.82, 2.24) is 4.90 Å². The van der Waals surface area contributed by atoms with E-state index in [0.29, 0.717) is 5.56 Å². The van der Waals surface area contributed by atoms with Gasteiger partial charge in [-0.15, -0.1) is 0 Å². The van der Waals surface area contributed by atoms with Crippen molar-refractivity contribution in [1.29, 1.82) is 0 Å². The maximum atomic E-state index is 12.7. The molecule has 0 saturated carbocycles. The number of piperazine rings is 1. The van der Waals surface area contributed by atoms with Crippen LogP contribution in [0, 0.1) is 0 Å². The average Bonchev–Trinajstić information content (AvgIpc) is 2.66. The summed E-state index contributed by atoms with van der Waals surface area (Å²) in [5.74, 6) is 0.181. The SMILES string of the molecule is CN1CCN(c2ccc(/C=C3\CCc4ccc(O)cc4C3=O)cc2)CC1. The first-order valence-electron chi connectivity index (χ1n) is 9.21. The summed E-state index contributed by atoms with van der Waals surface area (Å²) in [7, 11) is 2.16. The lowest BCUT2D eigenvalue weighted by atomic mass is 9.86. The van der Waals surface area contributed by atoms with Crippen molar-refractivity contribution in [3.63, 3.8) is 0 Å². The second-order valence-corrected chi connectivity index (χ2v) is 7.22. The number of aryl methyl sites for hydroxylation is 1. The second-order valence-electron chi connectivity index (χ2n) is 7.22. The van der Waals surface area contributed by atoms with E-state index in [4.69, 9.17) is 0 Å². The smallest absolute Gasteiger partial charge is 0.189 e. The van der Waals surface area contributed by atoms with E-state index in [1.165, 1.54) is 5.69 Å². The number of benzene rings is 2. The van der Waals surface area contributed by atoms with E-state index in [1.54, 1.807) is 12.1 Å². The number of rotatable bonds is 2. The molecule has 0 unspecified atom stereocenters. The van der Waals surface area contributed by atoms with Gasteiger partial charge in [0.15, 0.2) is 5.78 Å². The molecule has 1 aliphatic heterocycles. The Labute approximate surface area is 154 Å². The lowest BCUT2D eigenvalue weighted by Gasteiger charge is -2.34. The molecule has 2 aromatic rings. The number of anilines is 1. The molecule has 1 fully saturated rings. The molecule has 4 heteroatoms. The first-order valence-corrected chi connectivity index (χ1v) is 9.21. The van der Waals surface area contributed by atoms with Crippen LogP contribution >= 0.6 is 0 Å². The van der Waals surface area contributed by atoms with E-state index < -0.39 is 0 Å². The second kappa shape index (κ2) is 6.96. The molecule has 0 spiro atoms. The molecular weight excluding hydrogens is 324 g/mol. The summed E-state index contributed by atoms with van der Waals surface area (Å²) in [5.41, 5.74) is 4.77. The molecule has 0 atom stereocenters. The van der Waals surface area contributed by atoms with Crippen molar-refractivity contribution in [2.45, 2.75) is 12.8 Å². The molecule has 0 radical (unpaired) electrons. The van der Waals surface area contributed by atoms with E-state index in [0.717, 1.165) is 55.7 Å². The van der Waals surface area contributed by atoms with Crippen LogP contribution in [0.3, 0.4) is 0 Å². The Bertz CT molecular complexity index is 847. The van der Waals surface area contributed by atoms with Crippen molar-refractivity contribution in [3.8, 4) is 5.75 Å². The summed E-state index contributed by atoms with van der Waals surface area (Å²) in [6.45, 7) is 4.28. The molecule has 0 amide bonds. The van der Waals surface area contributed by atoms with Gasteiger partial charge in [-0.2, -0.15) is 0 Å². The van der Waals surface area contributed by atoms with E-state index in [9.17, 15) is 9.90 Å². The fourth-order valence-electron chi connectivity index (χ4n) is 3.73. The van der Waals surface area contributed by atoms with Gasteiger partial charge in [0.05, 0.1) is 0 Å². The van der Waals surface area contributed by atoms with E-state index in [2.05, 4.69) is 41.1 Å². The monoisotopic (exact) mass is 348 g/mol. The van der Waals surface area contributed by atoms with E-state index in [1.807, 2.05) is 12.1 Å². The quantitative estimate of drug-likeness (QED) is 0.845. The summed E-state index contributed by atoms with van der Waals surface area (Å²) in [6.07, 6.45) is 3.58. The Morgan fingerprint density at radius 3 is 2.42 bits per heavy atom. The molecule has 1 saturated heterocycles. The zero-order valence-corrected chi connectivity index (χ0v) is 15.1. The Hall–Kier alpha value is -2.59. The molecule has 26 heavy (non-hydrogen) atoms. The van der Waals surface area contributed by atoms with Crippen molar-refractivity contribution in [3.05, 3.63) is 64.7 Å². The van der Waals surface area contributed by atoms with Crippen LogP contribution in [0.15, 0.2) is 48.0 Å². The molecule has 1 aliphatic carbocycles. The van der Waals surface area contributed by atoms with E-state index >= 15 is 0 Å². The van der Waals surface area contributed by atoms with Crippen LogP contribution in [0.25, 0.3) is 6.08 Å². The molecule has 2 aliphatic rings. The van der Waals surface area contributed by atoms with Gasteiger partial charge in [-0.25, -0.2) is 0 Å². The highest BCUT2D eigenvalue weighted by Crippen LogP contribution is 2.29. The van der Waals surface area contributed by atoms with E-state index in [-0.39, 0.29) is 11.5 Å². The highest BCUT2D eigenvalue weighted by atomic mass is 16.3. The first kappa shape index (κ1) is 16.9. The predicted molar refractivity (Wildman–Crippen MR) is 105 cm³/mol. The summed E-state index contributed by atoms with van der Waals surface area (Å²) in [4.78, 5) is 17.5. The highest BCUT2D eigenvalue weighted by Gasteiger charge is 2.22. The fourth-order valence-corrected chi connectivity index (χ4v) is 3.73. The largest absolute Gasteiger partial charge is 0.508 e. The Morgan fingerprint density at radius 1 is 0.962 bits per heavy atom. The minimum atomic E-state index is 0.0327. The molecule has 1 heterocycles. The fraction of sp³-hybridized carbons (Fsp3) is 0.318. The molecule has 4 nitrogen and oxygen atoms in total. The number of Topliss-reactive ketones (excluding diaryl/α,β-unsaturated/α-hetero) is 1. The van der Waals surface area contributed by atoms with Crippen LogP contribution in [-0.2, 0) is 6.42 Å². The topological polar surface area (TPSA) is 43.8 Å².